The maximum Gasteiger partial charge on any atom is 0.231 e. The summed E-state index contributed by atoms with van der Waals surface area (Å²) in [6.07, 6.45) is 4.15. The van der Waals surface area contributed by atoms with Crippen LogP contribution in [0.4, 0.5) is 0 Å². The van der Waals surface area contributed by atoms with Gasteiger partial charge in [0.2, 0.25) is 6.79 Å². The van der Waals surface area contributed by atoms with Crippen LogP contribution in [0.15, 0.2) is 12.1 Å². The lowest BCUT2D eigenvalue weighted by Crippen LogP contribution is -2.27. The standard InChI is InChI=1S/C16H21ClN2O2/c17-14-5-12(6-15-16(14)21-10-20-15)8-18-7-11-3-4-19(9-11)13-1-2-13/h5-6,11,13,18H,1-4,7-10H2. The number of hydrogen-bond acceptors (Lipinski definition) is 4. The van der Waals surface area contributed by atoms with Crippen molar-refractivity contribution in [3.8, 4) is 11.5 Å². The minimum Gasteiger partial charge on any atom is -0.454 e. The predicted octanol–water partition coefficient (Wildman–Crippen LogP) is 2.64. The summed E-state index contributed by atoms with van der Waals surface area (Å²) in [4.78, 5) is 2.66. The molecule has 1 aromatic carbocycles. The lowest BCUT2D eigenvalue weighted by molar-refractivity contribution is 0.174. The Kier molecular flexibility index (Phi) is 3.69. The second-order valence-electron chi connectivity index (χ2n) is 6.32. The van der Waals surface area contributed by atoms with Gasteiger partial charge in [0.05, 0.1) is 5.02 Å². The fourth-order valence-corrected chi connectivity index (χ4v) is 3.63. The first-order chi connectivity index (χ1) is 10.3. The molecule has 5 heteroatoms. The Hall–Kier alpha value is -0.970. The number of benzene rings is 1. The number of likely N-dealkylation sites (tertiary alicyclic amines) is 1. The number of fused-ring (bicyclic) bond motifs is 1. The number of hydrogen-bond donors (Lipinski definition) is 1. The summed E-state index contributed by atoms with van der Waals surface area (Å²) in [5, 5.41) is 4.20. The van der Waals surface area contributed by atoms with Crippen LogP contribution in [0.5, 0.6) is 11.5 Å². The Morgan fingerprint density at radius 3 is 3.00 bits per heavy atom. The highest BCUT2D eigenvalue weighted by Crippen LogP contribution is 2.39. The van der Waals surface area contributed by atoms with E-state index < -0.39 is 0 Å². The van der Waals surface area contributed by atoms with Gasteiger partial charge in [0.15, 0.2) is 11.5 Å². The molecule has 4 rings (SSSR count). The number of rotatable bonds is 5. The average molecular weight is 309 g/mol. The van der Waals surface area contributed by atoms with Crippen molar-refractivity contribution in [3.05, 3.63) is 22.7 Å². The molecule has 1 saturated heterocycles. The van der Waals surface area contributed by atoms with Crippen LogP contribution in [0.2, 0.25) is 5.02 Å². The molecule has 2 heterocycles. The summed E-state index contributed by atoms with van der Waals surface area (Å²) < 4.78 is 10.7. The molecular formula is C16H21ClN2O2. The van der Waals surface area contributed by atoms with Crippen LogP contribution in [0.1, 0.15) is 24.8 Å². The second kappa shape index (κ2) is 5.67. The zero-order chi connectivity index (χ0) is 14.2. The van der Waals surface area contributed by atoms with E-state index in [2.05, 4.69) is 10.2 Å². The molecular weight excluding hydrogens is 288 g/mol. The zero-order valence-electron chi connectivity index (χ0n) is 12.1. The lowest BCUT2D eigenvalue weighted by Gasteiger charge is -2.15. The summed E-state index contributed by atoms with van der Waals surface area (Å²) >= 11 is 6.20. The maximum absolute atomic E-state index is 6.20. The average Bonchev–Trinajstić information content (AvgIpc) is 3.02. The minimum absolute atomic E-state index is 0.269. The van der Waals surface area contributed by atoms with Crippen LogP contribution in [-0.4, -0.2) is 37.4 Å². The molecule has 0 amide bonds. The van der Waals surface area contributed by atoms with Gasteiger partial charge in [-0.25, -0.2) is 0 Å². The number of nitrogens with one attached hydrogen (secondary N) is 1. The van der Waals surface area contributed by atoms with Crippen molar-refractivity contribution in [2.45, 2.75) is 31.8 Å². The molecule has 0 bridgehead atoms. The van der Waals surface area contributed by atoms with E-state index in [1.165, 1.54) is 32.4 Å². The molecule has 0 radical (unpaired) electrons. The molecule has 4 nitrogen and oxygen atoms in total. The van der Waals surface area contributed by atoms with Gasteiger partial charge in [-0.15, -0.1) is 0 Å². The zero-order valence-corrected chi connectivity index (χ0v) is 12.9. The molecule has 1 unspecified atom stereocenters. The van der Waals surface area contributed by atoms with Crippen LogP contribution in [0, 0.1) is 5.92 Å². The van der Waals surface area contributed by atoms with Crippen molar-refractivity contribution in [1.82, 2.24) is 10.2 Å². The van der Waals surface area contributed by atoms with Crippen LogP contribution < -0.4 is 14.8 Å². The Morgan fingerprint density at radius 1 is 1.24 bits per heavy atom. The van der Waals surface area contributed by atoms with E-state index in [0.717, 1.165) is 36.4 Å². The number of nitrogens with zero attached hydrogens (tertiary/aromatic N) is 1. The molecule has 1 saturated carbocycles. The third-order valence-corrected chi connectivity index (χ3v) is 4.91. The lowest BCUT2D eigenvalue weighted by atomic mass is 10.1. The first-order valence-electron chi connectivity index (χ1n) is 7.82. The van der Waals surface area contributed by atoms with Gasteiger partial charge in [0, 0.05) is 19.1 Å². The molecule has 2 aliphatic heterocycles. The second-order valence-corrected chi connectivity index (χ2v) is 6.73. The van der Waals surface area contributed by atoms with E-state index in [-0.39, 0.29) is 6.79 Å². The highest BCUT2D eigenvalue weighted by molar-refractivity contribution is 6.32. The molecule has 114 valence electrons. The summed E-state index contributed by atoms with van der Waals surface area (Å²) in [5.41, 5.74) is 1.15. The van der Waals surface area contributed by atoms with Crippen molar-refractivity contribution in [1.29, 1.82) is 0 Å². The Labute approximate surface area is 130 Å². The van der Waals surface area contributed by atoms with Gasteiger partial charge in [-0.2, -0.15) is 0 Å². The number of halogens is 1. The van der Waals surface area contributed by atoms with Gasteiger partial charge in [0.25, 0.3) is 0 Å². The van der Waals surface area contributed by atoms with E-state index in [1.807, 2.05) is 12.1 Å². The first kappa shape index (κ1) is 13.7. The van der Waals surface area contributed by atoms with E-state index >= 15 is 0 Å². The molecule has 2 fully saturated rings. The molecule has 1 aromatic rings. The topological polar surface area (TPSA) is 33.7 Å². The summed E-state index contributed by atoms with van der Waals surface area (Å²) in [6.45, 7) is 4.73. The normalized spacial score (nSPS) is 24.7. The molecule has 21 heavy (non-hydrogen) atoms. The monoisotopic (exact) mass is 308 g/mol. The quantitative estimate of drug-likeness (QED) is 0.907. The highest BCUT2D eigenvalue weighted by Gasteiger charge is 2.34. The van der Waals surface area contributed by atoms with Gasteiger partial charge in [0.1, 0.15) is 0 Å². The predicted molar refractivity (Wildman–Crippen MR) is 82.0 cm³/mol. The van der Waals surface area contributed by atoms with E-state index in [1.54, 1.807) is 0 Å². The molecule has 3 aliphatic rings. The summed E-state index contributed by atoms with van der Waals surface area (Å²) in [6, 6.07) is 4.89. The molecule has 1 aliphatic carbocycles. The third-order valence-electron chi connectivity index (χ3n) is 4.63. The fourth-order valence-electron chi connectivity index (χ4n) is 3.34. The van der Waals surface area contributed by atoms with Gasteiger partial charge < -0.3 is 19.7 Å². The van der Waals surface area contributed by atoms with Crippen molar-refractivity contribution in [2.24, 2.45) is 5.92 Å². The van der Waals surface area contributed by atoms with Crippen molar-refractivity contribution >= 4 is 11.6 Å². The van der Waals surface area contributed by atoms with Gasteiger partial charge in [-0.05, 0) is 56.0 Å². The van der Waals surface area contributed by atoms with Crippen LogP contribution in [-0.2, 0) is 6.54 Å². The number of ether oxygens (including phenoxy) is 2. The molecule has 0 aromatic heterocycles. The van der Waals surface area contributed by atoms with Gasteiger partial charge >= 0.3 is 0 Å². The van der Waals surface area contributed by atoms with E-state index in [0.29, 0.717) is 10.8 Å². The Bertz CT molecular complexity index is 533. The summed E-state index contributed by atoms with van der Waals surface area (Å²) in [5.74, 6) is 2.23. The summed E-state index contributed by atoms with van der Waals surface area (Å²) in [7, 11) is 0. The maximum atomic E-state index is 6.20. The van der Waals surface area contributed by atoms with Crippen molar-refractivity contribution < 1.29 is 9.47 Å². The van der Waals surface area contributed by atoms with Crippen LogP contribution in [0.3, 0.4) is 0 Å². The molecule has 1 atom stereocenters. The first-order valence-corrected chi connectivity index (χ1v) is 8.20. The molecule has 0 spiro atoms. The smallest absolute Gasteiger partial charge is 0.231 e. The fraction of sp³-hybridized carbons (Fsp3) is 0.625. The van der Waals surface area contributed by atoms with Crippen molar-refractivity contribution in [2.75, 3.05) is 26.4 Å². The molecule has 1 N–H and O–H groups in total. The largest absolute Gasteiger partial charge is 0.454 e. The van der Waals surface area contributed by atoms with Crippen molar-refractivity contribution in [3.63, 3.8) is 0 Å². The van der Waals surface area contributed by atoms with E-state index in [4.69, 9.17) is 21.1 Å². The SMILES string of the molecule is Clc1cc(CNCC2CCN(C3CC3)C2)cc2c1OCO2. The van der Waals surface area contributed by atoms with Gasteiger partial charge in [-0.3, -0.25) is 0 Å². The third kappa shape index (κ3) is 2.98. The van der Waals surface area contributed by atoms with Crippen LogP contribution >= 0.6 is 11.6 Å². The van der Waals surface area contributed by atoms with Crippen LogP contribution in [0.25, 0.3) is 0 Å². The highest BCUT2D eigenvalue weighted by atomic mass is 35.5. The van der Waals surface area contributed by atoms with Gasteiger partial charge in [-0.1, -0.05) is 11.6 Å². The Balaban J connectivity index is 1.28. The minimum atomic E-state index is 0.269. The van der Waals surface area contributed by atoms with E-state index in [9.17, 15) is 0 Å². The Morgan fingerprint density at radius 2 is 2.14 bits per heavy atom.